The second-order valence-electron chi connectivity index (χ2n) is 7.40. The number of rotatable bonds is 2. The number of hydrogen-bond acceptors (Lipinski definition) is 2. The van der Waals surface area contributed by atoms with Crippen LogP contribution in [0.4, 0.5) is 5.69 Å². The molecule has 4 nitrogen and oxygen atoms in total. The molecule has 0 aliphatic carbocycles. The van der Waals surface area contributed by atoms with Gasteiger partial charge in [0.15, 0.2) is 11.0 Å². The molecule has 2 unspecified atom stereocenters. The molecule has 0 aromatic heterocycles. The van der Waals surface area contributed by atoms with Crippen molar-refractivity contribution in [3.63, 3.8) is 0 Å². The van der Waals surface area contributed by atoms with E-state index in [0.29, 0.717) is 13.0 Å². The number of benzene rings is 2. The lowest BCUT2D eigenvalue weighted by Crippen LogP contribution is -2.53. The van der Waals surface area contributed by atoms with Gasteiger partial charge in [-0.2, -0.15) is 0 Å². The smallest absolute Gasteiger partial charge is 0.220 e. The fourth-order valence-corrected chi connectivity index (χ4v) is 5.31. The number of nitrogens with one attached hydrogen (secondary N) is 1. The highest BCUT2D eigenvalue weighted by Crippen LogP contribution is 2.37. The van der Waals surface area contributed by atoms with Gasteiger partial charge < -0.3 is 5.32 Å². The normalized spacial score (nSPS) is 23.9. The zero-order valence-corrected chi connectivity index (χ0v) is 15.8. The quantitative estimate of drug-likeness (QED) is 0.882. The number of carbonyl (C=O) groups is 1. The topological polar surface area (TPSA) is 49.4 Å². The Hall–Kier alpha value is -2.14. The average Bonchev–Trinajstić information content (AvgIpc) is 2.78. The van der Waals surface area contributed by atoms with Crippen molar-refractivity contribution in [1.82, 2.24) is 5.32 Å². The van der Waals surface area contributed by atoms with Gasteiger partial charge in [0, 0.05) is 18.5 Å². The summed E-state index contributed by atoms with van der Waals surface area (Å²) < 4.78 is 15.3. The van der Waals surface area contributed by atoms with Crippen LogP contribution in [0.15, 0.2) is 53.4 Å². The maximum absolute atomic E-state index is 13.3. The first kappa shape index (κ1) is 17.3. The standard InChI is InChI=1S/C21H24N2O2S/c1-16-8-10-18(11-9-16)26(25)23-14-13-21(12-4-7-20(24)22-21)15-17-5-2-3-6-19(17)23/h2-3,5-6,8-11H,4,7,12-15H2,1H3,(H,22,24). The van der Waals surface area contributed by atoms with Gasteiger partial charge in [-0.25, -0.2) is 4.21 Å². The monoisotopic (exact) mass is 368 g/mol. The number of carbonyl (C=O) groups excluding carboxylic acids is 1. The van der Waals surface area contributed by atoms with Crippen molar-refractivity contribution in [2.75, 3.05) is 10.8 Å². The van der Waals surface area contributed by atoms with Crippen LogP contribution in [0.3, 0.4) is 0 Å². The van der Waals surface area contributed by atoms with E-state index in [-0.39, 0.29) is 11.4 Å². The number of aryl methyl sites for hydroxylation is 1. The van der Waals surface area contributed by atoms with E-state index in [1.54, 1.807) is 0 Å². The van der Waals surface area contributed by atoms with Gasteiger partial charge in [-0.15, -0.1) is 0 Å². The molecule has 2 aromatic carbocycles. The minimum atomic E-state index is -1.26. The lowest BCUT2D eigenvalue weighted by Gasteiger charge is -2.37. The Morgan fingerprint density at radius 1 is 1.08 bits per heavy atom. The molecule has 1 fully saturated rings. The average molecular weight is 369 g/mol. The van der Waals surface area contributed by atoms with Crippen LogP contribution in [-0.2, 0) is 22.2 Å². The number of hydrogen-bond donors (Lipinski definition) is 1. The molecule has 0 saturated carbocycles. The highest BCUT2D eigenvalue weighted by atomic mass is 32.2. The van der Waals surface area contributed by atoms with Gasteiger partial charge in [0.2, 0.25) is 5.91 Å². The minimum Gasteiger partial charge on any atom is -0.350 e. The maximum atomic E-state index is 13.3. The predicted molar refractivity (Wildman–Crippen MR) is 104 cm³/mol. The number of fused-ring (bicyclic) bond motifs is 1. The molecule has 2 atom stereocenters. The van der Waals surface area contributed by atoms with Crippen molar-refractivity contribution in [2.24, 2.45) is 0 Å². The molecule has 5 heteroatoms. The highest BCUT2D eigenvalue weighted by molar-refractivity contribution is 7.86. The van der Waals surface area contributed by atoms with Gasteiger partial charge in [0.1, 0.15) is 0 Å². The maximum Gasteiger partial charge on any atom is 0.220 e. The molecule has 2 aliphatic rings. The Kier molecular flexibility index (Phi) is 4.57. The predicted octanol–water partition coefficient (Wildman–Crippen LogP) is 3.51. The largest absolute Gasteiger partial charge is 0.350 e. The van der Waals surface area contributed by atoms with Crippen LogP contribution in [0.25, 0.3) is 0 Å². The van der Waals surface area contributed by atoms with Gasteiger partial charge in [0.05, 0.1) is 10.6 Å². The van der Waals surface area contributed by atoms with Crippen LogP contribution in [0.1, 0.15) is 36.8 Å². The van der Waals surface area contributed by atoms with E-state index < -0.39 is 11.0 Å². The van der Waals surface area contributed by atoms with E-state index in [1.165, 1.54) is 0 Å². The van der Waals surface area contributed by atoms with Crippen molar-refractivity contribution in [1.29, 1.82) is 0 Å². The highest BCUT2D eigenvalue weighted by Gasteiger charge is 2.39. The molecular weight excluding hydrogens is 344 g/mol. The Bertz CT molecular complexity index is 849. The Morgan fingerprint density at radius 2 is 1.85 bits per heavy atom. The molecule has 1 N–H and O–H groups in total. The van der Waals surface area contributed by atoms with Crippen LogP contribution < -0.4 is 9.62 Å². The fraction of sp³-hybridized carbons (Fsp3) is 0.381. The van der Waals surface area contributed by atoms with E-state index in [4.69, 9.17) is 0 Å². The van der Waals surface area contributed by atoms with Crippen molar-refractivity contribution in [3.8, 4) is 0 Å². The summed E-state index contributed by atoms with van der Waals surface area (Å²) in [6.07, 6.45) is 4.14. The number of amides is 1. The molecule has 0 radical (unpaired) electrons. The van der Waals surface area contributed by atoms with Gasteiger partial charge in [-0.3, -0.25) is 9.10 Å². The van der Waals surface area contributed by atoms with Crippen molar-refractivity contribution >= 4 is 22.6 Å². The molecule has 0 bridgehead atoms. The fourth-order valence-electron chi connectivity index (χ4n) is 4.07. The summed E-state index contributed by atoms with van der Waals surface area (Å²) in [5, 5.41) is 3.25. The molecule has 2 aromatic rings. The van der Waals surface area contributed by atoms with E-state index in [2.05, 4.69) is 11.4 Å². The third kappa shape index (κ3) is 3.28. The Balaban J connectivity index is 1.70. The Morgan fingerprint density at radius 3 is 2.62 bits per heavy atom. The molecular formula is C21H24N2O2S. The summed E-state index contributed by atoms with van der Waals surface area (Å²) in [7, 11) is -1.26. The van der Waals surface area contributed by atoms with Crippen molar-refractivity contribution in [3.05, 3.63) is 59.7 Å². The number of para-hydroxylation sites is 1. The van der Waals surface area contributed by atoms with Gasteiger partial charge in [0.25, 0.3) is 0 Å². The van der Waals surface area contributed by atoms with Crippen LogP contribution in [0.5, 0.6) is 0 Å². The van der Waals surface area contributed by atoms with Gasteiger partial charge >= 0.3 is 0 Å². The summed E-state index contributed by atoms with van der Waals surface area (Å²) in [4.78, 5) is 12.9. The third-order valence-electron chi connectivity index (χ3n) is 5.47. The van der Waals surface area contributed by atoms with E-state index in [9.17, 15) is 9.00 Å². The molecule has 1 spiro atoms. The summed E-state index contributed by atoms with van der Waals surface area (Å²) >= 11 is 0. The van der Waals surface area contributed by atoms with E-state index >= 15 is 0 Å². The van der Waals surface area contributed by atoms with Gasteiger partial charge in [-0.1, -0.05) is 35.9 Å². The van der Waals surface area contributed by atoms with Crippen molar-refractivity contribution < 1.29 is 9.00 Å². The lowest BCUT2D eigenvalue weighted by atomic mass is 9.81. The number of piperidine rings is 1. The summed E-state index contributed by atoms with van der Waals surface area (Å²) in [6.45, 7) is 2.70. The van der Waals surface area contributed by atoms with Crippen LogP contribution in [0.2, 0.25) is 0 Å². The zero-order valence-electron chi connectivity index (χ0n) is 15.0. The molecule has 1 amide bonds. The summed E-state index contributed by atoms with van der Waals surface area (Å²) in [5.41, 5.74) is 3.12. The molecule has 4 rings (SSSR count). The van der Waals surface area contributed by atoms with Crippen LogP contribution in [0, 0.1) is 6.92 Å². The molecule has 2 aliphatic heterocycles. The van der Waals surface area contributed by atoms with Crippen molar-refractivity contribution in [2.45, 2.75) is 49.5 Å². The SMILES string of the molecule is Cc1ccc(S(=O)N2CCC3(CCCC(=O)N3)Cc3ccccc32)cc1. The number of nitrogens with zero attached hydrogens (tertiary/aromatic N) is 1. The first-order valence-electron chi connectivity index (χ1n) is 9.21. The Labute approximate surface area is 157 Å². The third-order valence-corrected chi connectivity index (χ3v) is 6.92. The molecule has 26 heavy (non-hydrogen) atoms. The van der Waals surface area contributed by atoms with E-state index in [0.717, 1.165) is 47.4 Å². The van der Waals surface area contributed by atoms with E-state index in [1.807, 2.05) is 53.7 Å². The molecule has 136 valence electrons. The zero-order chi connectivity index (χ0) is 18.1. The summed E-state index contributed by atoms with van der Waals surface area (Å²) in [5.74, 6) is 0.141. The van der Waals surface area contributed by atoms with Crippen LogP contribution >= 0.6 is 0 Å². The number of anilines is 1. The second kappa shape index (κ2) is 6.88. The minimum absolute atomic E-state index is 0.141. The lowest BCUT2D eigenvalue weighted by molar-refractivity contribution is -0.125. The summed E-state index contributed by atoms with van der Waals surface area (Å²) in [6, 6.07) is 16.0. The molecule has 1 saturated heterocycles. The first-order valence-corrected chi connectivity index (χ1v) is 10.3. The molecule has 2 heterocycles. The van der Waals surface area contributed by atoms with Gasteiger partial charge in [-0.05, 0) is 56.4 Å². The first-order chi connectivity index (χ1) is 12.6. The van der Waals surface area contributed by atoms with Crippen LogP contribution in [-0.4, -0.2) is 22.2 Å². The second-order valence-corrected chi connectivity index (χ2v) is 8.81.